The van der Waals surface area contributed by atoms with Gasteiger partial charge in [0.05, 0.1) is 29.8 Å². The average molecular weight is 545 g/mol. The largest absolute Gasteiger partial charge is 0.476 e. The average Bonchev–Trinajstić information content (AvgIpc) is 3.44. The smallest absolute Gasteiger partial charge is 0.262 e. The molecule has 1 saturated heterocycles. The van der Waals surface area contributed by atoms with Crippen LogP contribution in [0.15, 0.2) is 79.4 Å². The van der Waals surface area contributed by atoms with Crippen LogP contribution in [0.25, 0.3) is 22.5 Å². The van der Waals surface area contributed by atoms with Crippen molar-refractivity contribution in [3.63, 3.8) is 0 Å². The molecule has 5 rings (SSSR count). The van der Waals surface area contributed by atoms with E-state index in [9.17, 15) is 18.0 Å². The fourth-order valence-corrected chi connectivity index (χ4v) is 5.41. The third-order valence-electron chi connectivity index (χ3n) is 5.65. The van der Waals surface area contributed by atoms with Gasteiger partial charge in [-0.3, -0.25) is 9.59 Å². The number of sulfonamides is 1. The van der Waals surface area contributed by atoms with Gasteiger partial charge in [0.1, 0.15) is 5.58 Å². The van der Waals surface area contributed by atoms with Crippen LogP contribution in [0.2, 0.25) is 5.02 Å². The molecule has 0 aliphatic carbocycles. The van der Waals surface area contributed by atoms with Crippen molar-refractivity contribution in [1.29, 1.82) is 0 Å². The minimum Gasteiger partial charge on any atom is -0.476 e. The van der Waals surface area contributed by atoms with E-state index in [-0.39, 0.29) is 46.2 Å². The monoisotopic (exact) mass is 544 g/mol. The summed E-state index contributed by atoms with van der Waals surface area (Å²) in [6.45, 7) is 0.744. The Labute approximate surface area is 216 Å². The predicted molar refractivity (Wildman–Crippen MR) is 135 cm³/mol. The molecule has 4 aromatic rings. The summed E-state index contributed by atoms with van der Waals surface area (Å²) in [7, 11) is -3.65. The number of carbonyl (C=O) groups excluding carboxylic acids is 1. The minimum atomic E-state index is -3.65. The molecule has 1 N–H and O–H groups in total. The highest BCUT2D eigenvalue weighted by Gasteiger charge is 2.26. The first-order valence-electron chi connectivity index (χ1n) is 11.2. The van der Waals surface area contributed by atoms with Crippen molar-refractivity contribution in [3.05, 3.63) is 76.1 Å². The normalized spacial score (nSPS) is 14.5. The maximum atomic E-state index is 13.1. The Hall–Kier alpha value is -3.64. The molecule has 10 nitrogen and oxygen atoms in total. The maximum Gasteiger partial charge on any atom is 0.262 e. The summed E-state index contributed by atoms with van der Waals surface area (Å²) in [5.41, 5.74) is 0.128. The zero-order valence-corrected chi connectivity index (χ0v) is 20.9. The van der Waals surface area contributed by atoms with Gasteiger partial charge in [0.25, 0.3) is 5.91 Å². The van der Waals surface area contributed by atoms with Crippen molar-refractivity contribution in [2.24, 2.45) is 0 Å². The highest BCUT2D eigenvalue weighted by Crippen LogP contribution is 2.32. The number of anilines is 1. The van der Waals surface area contributed by atoms with Gasteiger partial charge in [-0.15, -0.1) is 0 Å². The number of rotatable bonds is 7. The summed E-state index contributed by atoms with van der Waals surface area (Å²) in [5, 5.41) is 3.15. The Morgan fingerprint density at radius 2 is 1.84 bits per heavy atom. The van der Waals surface area contributed by atoms with Crippen LogP contribution in [0.4, 0.5) is 5.69 Å². The maximum absolute atomic E-state index is 13.1. The van der Waals surface area contributed by atoms with Crippen LogP contribution in [0, 0.1) is 0 Å². The fraction of sp³-hybridized carbons (Fsp3) is 0.200. The lowest BCUT2D eigenvalue weighted by molar-refractivity contribution is -0.118. The third kappa shape index (κ3) is 5.25. The van der Waals surface area contributed by atoms with Gasteiger partial charge >= 0.3 is 0 Å². The number of carbonyl (C=O) groups is 1. The third-order valence-corrected chi connectivity index (χ3v) is 7.80. The summed E-state index contributed by atoms with van der Waals surface area (Å²) in [4.78, 5) is 25.8. The van der Waals surface area contributed by atoms with E-state index >= 15 is 0 Å². The summed E-state index contributed by atoms with van der Waals surface area (Å²) in [5.74, 6) is -0.483. The highest BCUT2D eigenvalue weighted by atomic mass is 35.5. The number of morpholine rings is 1. The summed E-state index contributed by atoms with van der Waals surface area (Å²) in [6.07, 6.45) is 1.42. The molecule has 192 valence electrons. The molecule has 0 atom stereocenters. The van der Waals surface area contributed by atoms with Gasteiger partial charge in [0, 0.05) is 23.8 Å². The van der Waals surface area contributed by atoms with Crippen molar-refractivity contribution < 1.29 is 31.5 Å². The molecule has 0 radical (unpaired) electrons. The second kappa shape index (κ2) is 10.4. The molecule has 0 unspecified atom stereocenters. The van der Waals surface area contributed by atoms with E-state index < -0.39 is 28.0 Å². The van der Waals surface area contributed by atoms with Crippen molar-refractivity contribution in [3.8, 4) is 17.3 Å². The molecular weight excluding hydrogens is 524 g/mol. The number of hydrogen-bond donors (Lipinski definition) is 1. The number of fused-ring (bicyclic) bond motifs is 1. The van der Waals surface area contributed by atoms with Crippen LogP contribution in [0.5, 0.6) is 5.75 Å². The van der Waals surface area contributed by atoms with Gasteiger partial charge in [-0.25, -0.2) is 8.42 Å². The molecule has 37 heavy (non-hydrogen) atoms. The first-order valence-corrected chi connectivity index (χ1v) is 13.1. The number of ether oxygens (including phenoxy) is 2. The van der Waals surface area contributed by atoms with Crippen molar-refractivity contribution in [2.45, 2.75) is 4.90 Å². The van der Waals surface area contributed by atoms with Gasteiger partial charge in [0.2, 0.25) is 27.0 Å². The molecular formula is C25H21ClN2O8S. The molecule has 0 spiro atoms. The molecule has 1 aliphatic rings. The van der Waals surface area contributed by atoms with E-state index in [1.54, 1.807) is 24.3 Å². The number of furan rings is 1. The summed E-state index contributed by atoms with van der Waals surface area (Å²) in [6, 6.07) is 13.6. The zero-order chi connectivity index (χ0) is 26.0. The van der Waals surface area contributed by atoms with E-state index in [0.717, 1.165) is 0 Å². The molecule has 2 aromatic heterocycles. The van der Waals surface area contributed by atoms with E-state index in [1.165, 1.54) is 40.9 Å². The Morgan fingerprint density at radius 1 is 1.08 bits per heavy atom. The lowest BCUT2D eigenvalue weighted by atomic mass is 10.2. The van der Waals surface area contributed by atoms with Crippen LogP contribution in [0.1, 0.15) is 0 Å². The summed E-state index contributed by atoms with van der Waals surface area (Å²) >= 11 is 6.03. The van der Waals surface area contributed by atoms with Gasteiger partial charge in [-0.2, -0.15) is 4.31 Å². The van der Waals surface area contributed by atoms with Crippen LogP contribution in [-0.4, -0.2) is 51.5 Å². The molecule has 3 heterocycles. The molecule has 1 amide bonds. The molecule has 2 aromatic carbocycles. The molecule has 1 aliphatic heterocycles. The molecule has 0 bridgehead atoms. The topological polar surface area (TPSA) is 128 Å². The van der Waals surface area contributed by atoms with E-state index in [0.29, 0.717) is 23.9 Å². The van der Waals surface area contributed by atoms with Crippen LogP contribution >= 0.6 is 11.6 Å². The Morgan fingerprint density at radius 3 is 2.54 bits per heavy atom. The first-order chi connectivity index (χ1) is 17.8. The van der Waals surface area contributed by atoms with Crippen LogP contribution in [-0.2, 0) is 19.6 Å². The lowest BCUT2D eigenvalue weighted by Crippen LogP contribution is -2.40. The van der Waals surface area contributed by atoms with Gasteiger partial charge in [-0.1, -0.05) is 11.6 Å². The number of hydrogen-bond acceptors (Lipinski definition) is 8. The Kier molecular flexibility index (Phi) is 7.02. The Bertz CT molecular complexity index is 1590. The number of nitrogens with one attached hydrogen (secondary N) is 1. The van der Waals surface area contributed by atoms with Crippen LogP contribution in [0.3, 0.4) is 0 Å². The molecule has 12 heteroatoms. The minimum absolute atomic E-state index is 0.0373. The fourth-order valence-electron chi connectivity index (χ4n) is 3.83. The van der Waals surface area contributed by atoms with Crippen molar-refractivity contribution in [1.82, 2.24) is 4.31 Å². The standard InChI is InChI=1S/C25H21ClN2O8S/c26-16-3-8-20-19(14-16)23(30)25(24(36-20)21-2-1-11-34-21)35-15-22(29)27-17-4-6-18(7-5-17)37(31,32)28-9-12-33-13-10-28/h1-8,11,14H,9-10,12-13,15H2,(H,27,29). The van der Waals surface area contributed by atoms with E-state index in [1.807, 2.05) is 0 Å². The predicted octanol–water partition coefficient (Wildman–Crippen LogP) is 3.74. The summed E-state index contributed by atoms with van der Waals surface area (Å²) < 4.78 is 48.9. The highest BCUT2D eigenvalue weighted by molar-refractivity contribution is 7.89. The van der Waals surface area contributed by atoms with E-state index in [4.69, 9.17) is 29.9 Å². The Balaban J connectivity index is 1.32. The SMILES string of the molecule is O=C(COc1c(-c2ccco2)oc2ccc(Cl)cc2c1=O)Nc1ccc(S(=O)(=O)N2CCOCC2)cc1. The second-order valence-corrected chi connectivity index (χ2v) is 10.5. The van der Waals surface area contributed by atoms with Gasteiger partial charge < -0.3 is 23.6 Å². The van der Waals surface area contributed by atoms with Crippen molar-refractivity contribution in [2.75, 3.05) is 38.2 Å². The zero-order valence-electron chi connectivity index (χ0n) is 19.3. The van der Waals surface area contributed by atoms with Crippen molar-refractivity contribution >= 4 is 44.2 Å². The number of benzene rings is 2. The number of nitrogens with zero attached hydrogens (tertiary/aromatic N) is 1. The number of amides is 1. The van der Waals surface area contributed by atoms with Crippen LogP contribution < -0.4 is 15.5 Å². The molecule has 0 saturated carbocycles. The second-order valence-electron chi connectivity index (χ2n) is 8.08. The number of halogens is 1. The molecule has 1 fully saturated rings. The quantitative estimate of drug-likeness (QED) is 0.372. The van der Waals surface area contributed by atoms with Gasteiger partial charge in [0.15, 0.2) is 12.4 Å². The lowest BCUT2D eigenvalue weighted by Gasteiger charge is -2.26. The van der Waals surface area contributed by atoms with E-state index in [2.05, 4.69) is 5.32 Å². The first kappa shape index (κ1) is 25.0. The van der Waals surface area contributed by atoms with Gasteiger partial charge in [-0.05, 0) is 54.6 Å².